The van der Waals surface area contributed by atoms with Gasteiger partial charge in [0.2, 0.25) is 5.89 Å². The van der Waals surface area contributed by atoms with Gasteiger partial charge in [0.05, 0.1) is 0 Å². The largest absolute Gasteiger partial charge is 0.369 e. The lowest BCUT2D eigenvalue weighted by atomic mass is 10.3. The molecular formula is C12H16N6O2. The summed E-state index contributed by atoms with van der Waals surface area (Å²) < 4.78 is 4.84. The second-order valence-electron chi connectivity index (χ2n) is 4.07. The Hall–Kier alpha value is -2.51. The minimum absolute atomic E-state index is 0.274. The Kier molecular flexibility index (Phi) is 4.59. The van der Waals surface area contributed by atoms with Crippen LogP contribution in [0.25, 0.3) is 0 Å². The predicted molar refractivity (Wildman–Crippen MR) is 71.3 cm³/mol. The number of carbonyl (C=O) groups excluding carboxylic acids is 1. The standard InChI is InChI=1S/C12H16N6O2/c1-3-13-10-5-4-9(16-17-10)12(19)14-7-6-11-15-8(2)20-18-11/h4-5H,3,6-7H2,1-2H3,(H,13,17)(H,14,19). The summed E-state index contributed by atoms with van der Waals surface area (Å²) >= 11 is 0. The van der Waals surface area contributed by atoms with Gasteiger partial charge in [0, 0.05) is 26.4 Å². The third kappa shape index (κ3) is 3.74. The van der Waals surface area contributed by atoms with Gasteiger partial charge in [-0.1, -0.05) is 5.16 Å². The van der Waals surface area contributed by atoms with Gasteiger partial charge in [-0.25, -0.2) is 0 Å². The van der Waals surface area contributed by atoms with Crippen LogP contribution >= 0.6 is 0 Å². The van der Waals surface area contributed by atoms with Crippen molar-refractivity contribution in [1.29, 1.82) is 0 Å². The molecule has 0 atom stereocenters. The fraction of sp³-hybridized carbons (Fsp3) is 0.417. The molecule has 0 unspecified atom stereocenters. The van der Waals surface area contributed by atoms with E-state index in [0.717, 1.165) is 6.54 Å². The van der Waals surface area contributed by atoms with Crippen LogP contribution in [0, 0.1) is 6.92 Å². The van der Waals surface area contributed by atoms with Crippen LogP contribution in [0.2, 0.25) is 0 Å². The van der Waals surface area contributed by atoms with E-state index in [4.69, 9.17) is 4.52 Å². The minimum Gasteiger partial charge on any atom is -0.369 e. The Morgan fingerprint density at radius 2 is 2.20 bits per heavy atom. The molecule has 0 aliphatic heterocycles. The van der Waals surface area contributed by atoms with E-state index in [-0.39, 0.29) is 11.6 Å². The molecule has 2 rings (SSSR count). The van der Waals surface area contributed by atoms with Crippen LogP contribution in [0.5, 0.6) is 0 Å². The second kappa shape index (κ2) is 6.60. The van der Waals surface area contributed by atoms with Gasteiger partial charge in [-0.2, -0.15) is 4.98 Å². The topological polar surface area (TPSA) is 106 Å². The minimum atomic E-state index is -0.277. The Morgan fingerprint density at radius 1 is 1.35 bits per heavy atom. The van der Waals surface area contributed by atoms with E-state index >= 15 is 0 Å². The van der Waals surface area contributed by atoms with Crippen molar-refractivity contribution in [2.45, 2.75) is 20.3 Å². The van der Waals surface area contributed by atoms with Gasteiger partial charge in [-0.3, -0.25) is 4.79 Å². The number of hydrogen-bond donors (Lipinski definition) is 2. The van der Waals surface area contributed by atoms with E-state index in [1.54, 1.807) is 19.1 Å². The van der Waals surface area contributed by atoms with Crippen molar-refractivity contribution in [2.75, 3.05) is 18.4 Å². The molecule has 0 saturated heterocycles. The Morgan fingerprint density at radius 3 is 2.80 bits per heavy atom. The second-order valence-corrected chi connectivity index (χ2v) is 4.07. The summed E-state index contributed by atoms with van der Waals surface area (Å²) in [4.78, 5) is 15.9. The van der Waals surface area contributed by atoms with E-state index in [2.05, 4.69) is 31.0 Å². The number of rotatable bonds is 6. The van der Waals surface area contributed by atoms with Gasteiger partial charge >= 0.3 is 0 Å². The van der Waals surface area contributed by atoms with Crippen molar-refractivity contribution >= 4 is 11.7 Å². The highest BCUT2D eigenvalue weighted by Crippen LogP contribution is 2.01. The third-order valence-corrected chi connectivity index (χ3v) is 2.46. The number of amides is 1. The fourth-order valence-electron chi connectivity index (χ4n) is 1.55. The van der Waals surface area contributed by atoms with E-state index in [0.29, 0.717) is 30.5 Å². The quantitative estimate of drug-likeness (QED) is 0.794. The van der Waals surface area contributed by atoms with Gasteiger partial charge in [0.25, 0.3) is 5.91 Å². The van der Waals surface area contributed by atoms with Gasteiger partial charge in [-0.05, 0) is 19.1 Å². The molecule has 0 aliphatic rings. The van der Waals surface area contributed by atoms with Crippen LogP contribution in [0.4, 0.5) is 5.82 Å². The lowest BCUT2D eigenvalue weighted by Gasteiger charge is -2.04. The van der Waals surface area contributed by atoms with Crippen molar-refractivity contribution in [1.82, 2.24) is 25.7 Å². The molecule has 2 heterocycles. The molecule has 2 aromatic heterocycles. The summed E-state index contributed by atoms with van der Waals surface area (Å²) in [6.07, 6.45) is 0.506. The number of aryl methyl sites for hydroxylation is 1. The van der Waals surface area contributed by atoms with Crippen LogP contribution in [-0.4, -0.2) is 39.3 Å². The lowest BCUT2D eigenvalue weighted by molar-refractivity contribution is 0.0948. The van der Waals surface area contributed by atoms with Gasteiger partial charge in [0.15, 0.2) is 11.5 Å². The average molecular weight is 276 g/mol. The monoisotopic (exact) mass is 276 g/mol. The maximum absolute atomic E-state index is 11.8. The molecule has 8 heteroatoms. The Labute approximate surface area is 116 Å². The molecule has 0 fully saturated rings. The summed E-state index contributed by atoms with van der Waals surface area (Å²) in [5.74, 6) is 1.44. The molecule has 0 radical (unpaired) electrons. The van der Waals surface area contributed by atoms with Crippen LogP contribution < -0.4 is 10.6 Å². The SMILES string of the molecule is CCNc1ccc(C(=O)NCCc2noc(C)n2)nn1. The summed E-state index contributed by atoms with van der Waals surface area (Å²) in [5.41, 5.74) is 0.274. The molecule has 8 nitrogen and oxygen atoms in total. The number of nitrogens with zero attached hydrogens (tertiary/aromatic N) is 4. The van der Waals surface area contributed by atoms with Crippen LogP contribution in [0.3, 0.4) is 0 Å². The number of anilines is 1. The highest BCUT2D eigenvalue weighted by Gasteiger charge is 2.08. The van der Waals surface area contributed by atoms with E-state index < -0.39 is 0 Å². The zero-order valence-electron chi connectivity index (χ0n) is 11.4. The van der Waals surface area contributed by atoms with E-state index in [1.807, 2.05) is 6.92 Å². The molecule has 2 aromatic rings. The molecule has 0 bridgehead atoms. The van der Waals surface area contributed by atoms with Crippen molar-refractivity contribution in [3.05, 3.63) is 29.5 Å². The molecule has 0 aliphatic carbocycles. The predicted octanol–water partition coefficient (Wildman–Crippen LogP) is 0.572. The number of carbonyl (C=O) groups is 1. The van der Waals surface area contributed by atoms with E-state index in [9.17, 15) is 4.79 Å². The van der Waals surface area contributed by atoms with Crippen molar-refractivity contribution in [2.24, 2.45) is 0 Å². The number of hydrogen-bond acceptors (Lipinski definition) is 7. The summed E-state index contributed by atoms with van der Waals surface area (Å²) in [6.45, 7) is 4.84. The zero-order valence-corrected chi connectivity index (χ0v) is 11.4. The highest BCUT2D eigenvalue weighted by atomic mass is 16.5. The summed E-state index contributed by atoms with van der Waals surface area (Å²) in [7, 11) is 0. The van der Waals surface area contributed by atoms with Crippen molar-refractivity contribution in [3.63, 3.8) is 0 Å². The number of nitrogens with one attached hydrogen (secondary N) is 2. The maximum Gasteiger partial charge on any atom is 0.271 e. The molecular weight excluding hydrogens is 260 g/mol. The van der Waals surface area contributed by atoms with Crippen LogP contribution in [-0.2, 0) is 6.42 Å². The third-order valence-electron chi connectivity index (χ3n) is 2.46. The molecule has 20 heavy (non-hydrogen) atoms. The van der Waals surface area contributed by atoms with Gasteiger partial charge < -0.3 is 15.2 Å². The first-order valence-electron chi connectivity index (χ1n) is 6.34. The molecule has 106 valence electrons. The average Bonchev–Trinajstić information content (AvgIpc) is 2.85. The summed E-state index contributed by atoms with van der Waals surface area (Å²) in [5, 5.41) is 17.2. The van der Waals surface area contributed by atoms with Crippen molar-refractivity contribution < 1.29 is 9.32 Å². The first-order chi connectivity index (χ1) is 9.69. The Balaban J connectivity index is 1.82. The molecule has 2 N–H and O–H groups in total. The first-order valence-corrected chi connectivity index (χ1v) is 6.34. The number of aromatic nitrogens is 4. The molecule has 0 saturated carbocycles. The normalized spacial score (nSPS) is 10.3. The van der Waals surface area contributed by atoms with Crippen molar-refractivity contribution in [3.8, 4) is 0 Å². The molecule has 1 amide bonds. The molecule has 0 spiro atoms. The van der Waals surface area contributed by atoms with Gasteiger partial charge in [-0.15, -0.1) is 10.2 Å². The van der Waals surface area contributed by atoms with Crippen LogP contribution in [0.15, 0.2) is 16.7 Å². The zero-order chi connectivity index (χ0) is 14.4. The lowest BCUT2D eigenvalue weighted by Crippen LogP contribution is -2.27. The first kappa shape index (κ1) is 13.9. The molecule has 0 aromatic carbocycles. The maximum atomic E-state index is 11.8. The van der Waals surface area contributed by atoms with Crippen LogP contribution in [0.1, 0.15) is 29.1 Å². The highest BCUT2D eigenvalue weighted by molar-refractivity contribution is 5.92. The van der Waals surface area contributed by atoms with E-state index in [1.165, 1.54) is 0 Å². The fourth-order valence-corrected chi connectivity index (χ4v) is 1.55. The summed E-state index contributed by atoms with van der Waals surface area (Å²) in [6, 6.07) is 3.34. The smallest absolute Gasteiger partial charge is 0.271 e. The Bertz CT molecular complexity index is 566. The van der Waals surface area contributed by atoms with Gasteiger partial charge in [0.1, 0.15) is 5.82 Å².